The Bertz CT molecular complexity index is 1030. The maximum atomic E-state index is 13.2. The molecule has 0 aromatic heterocycles. The van der Waals surface area contributed by atoms with Crippen LogP contribution in [0.15, 0.2) is 46.9 Å². The Kier molecular flexibility index (Phi) is 7.30. The highest BCUT2D eigenvalue weighted by atomic mass is 79.9. The van der Waals surface area contributed by atoms with Crippen LogP contribution in [0.3, 0.4) is 0 Å². The van der Waals surface area contributed by atoms with Gasteiger partial charge in [0.1, 0.15) is 11.4 Å². The summed E-state index contributed by atoms with van der Waals surface area (Å²) in [6.45, 7) is 7.76. The lowest BCUT2D eigenvalue weighted by Gasteiger charge is -2.39. The molecule has 2 aliphatic rings. The van der Waals surface area contributed by atoms with Crippen molar-refractivity contribution < 1.29 is 14.5 Å². The second kappa shape index (κ2) is 10.2. The molecule has 2 saturated heterocycles. The summed E-state index contributed by atoms with van der Waals surface area (Å²) in [4.78, 5) is 30.7. The highest BCUT2D eigenvalue weighted by molar-refractivity contribution is 9.10. The zero-order chi connectivity index (χ0) is 24.3. The van der Waals surface area contributed by atoms with Gasteiger partial charge < -0.3 is 19.4 Å². The van der Waals surface area contributed by atoms with Crippen molar-refractivity contribution in [3.8, 4) is 5.75 Å². The molecule has 34 heavy (non-hydrogen) atoms. The molecule has 8 nitrogen and oxygen atoms in total. The van der Waals surface area contributed by atoms with Crippen LogP contribution >= 0.6 is 15.9 Å². The average Bonchev–Trinajstić information content (AvgIpc) is 2.85. The van der Waals surface area contributed by atoms with Crippen molar-refractivity contribution in [3.63, 3.8) is 0 Å². The van der Waals surface area contributed by atoms with E-state index in [4.69, 9.17) is 4.74 Å². The lowest BCUT2D eigenvalue weighted by molar-refractivity contribution is -0.384. The van der Waals surface area contributed by atoms with E-state index < -0.39 is 5.60 Å². The van der Waals surface area contributed by atoms with Gasteiger partial charge in [-0.2, -0.15) is 0 Å². The van der Waals surface area contributed by atoms with Crippen molar-refractivity contribution in [1.29, 1.82) is 0 Å². The van der Waals surface area contributed by atoms with Gasteiger partial charge in [0.05, 0.1) is 4.92 Å². The lowest BCUT2D eigenvalue weighted by Crippen LogP contribution is -2.55. The number of nitro groups is 1. The summed E-state index contributed by atoms with van der Waals surface area (Å²) < 4.78 is 6.96. The van der Waals surface area contributed by atoms with Gasteiger partial charge >= 0.3 is 0 Å². The van der Waals surface area contributed by atoms with Crippen LogP contribution in [0.25, 0.3) is 0 Å². The van der Waals surface area contributed by atoms with Crippen LogP contribution in [0.2, 0.25) is 0 Å². The van der Waals surface area contributed by atoms with Crippen LogP contribution in [-0.4, -0.2) is 60.6 Å². The first kappa shape index (κ1) is 24.3. The summed E-state index contributed by atoms with van der Waals surface area (Å²) in [6, 6.07) is 12.8. The number of carbonyl (C=O) groups is 1. The number of piperidine rings is 1. The molecule has 0 bridgehead atoms. The first-order valence-corrected chi connectivity index (χ1v) is 12.6. The van der Waals surface area contributed by atoms with Gasteiger partial charge in [0, 0.05) is 55.5 Å². The van der Waals surface area contributed by atoms with Crippen LogP contribution in [0.5, 0.6) is 5.75 Å². The number of rotatable bonds is 6. The number of amides is 1. The maximum Gasteiger partial charge on any atom is 0.292 e. The van der Waals surface area contributed by atoms with E-state index in [0.29, 0.717) is 37.6 Å². The van der Waals surface area contributed by atoms with Gasteiger partial charge in [0.25, 0.3) is 11.6 Å². The van der Waals surface area contributed by atoms with Gasteiger partial charge in [0.15, 0.2) is 5.60 Å². The minimum atomic E-state index is -0.981. The average molecular weight is 531 g/mol. The van der Waals surface area contributed by atoms with E-state index in [2.05, 4.69) is 25.7 Å². The van der Waals surface area contributed by atoms with Crippen LogP contribution in [0.4, 0.5) is 17.1 Å². The lowest BCUT2D eigenvalue weighted by atomic mass is 10.1. The number of halogens is 1. The van der Waals surface area contributed by atoms with Gasteiger partial charge in [-0.25, -0.2) is 0 Å². The second-order valence-corrected chi connectivity index (χ2v) is 10.2. The summed E-state index contributed by atoms with van der Waals surface area (Å²) in [6.07, 6.45) is 3.28. The van der Waals surface area contributed by atoms with Crippen LogP contribution in [0, 0.1) is 10.1 Å². The molecule has 0 N–H and O–H groups in total. The molecule has 1 amide bonds. The van der Waals surface area contributed by atoms with Gasteiger partial charge in [-0.3, -0.25) is 14.9 Å². The van der Waals surface area contributed by atoms with Crippen molar-refractivity contribution in [2.45, 2.75) is 38.7 Å². The molecule has 0 spiro atoms. The number of nitrogens with zero attached hydrogens (tertiary/aromatic N) is 4. The molecule has 4 rings (SSSR count). The Morgan fingerprint density at radius 2 is 1.59 bits per heavy atom. The highest BCUT2D eigenvalue weighted by Crippen LogP contribution is 2.34. The molecular weight excluding hydrogens is 500 g/mol. The minimum absolute atomic E-state index is 0.0484. The van der Waals surface area contributed by atoms with Crippen molar-refractivity contribution in [3.05, 3.63) is 57.1 Å². The smallest absolute Gasteiger partial charge is 0.292 e. The minimum Gasteiger partial charge on any atom is -0.478 e. The molecule has 0 saturated carbocycles. The molecule has 0 atom stereocenters. The molecule has 2 fully saturated rings. The zero-order valence-corrected chi connectivity index (χ0v) is 21.3. The Morgan fingerprint density at radius 1 is 0.941 bits per heavy atom. The first-order valence-electron chi connectivity index (χ1n) is 11.8. The van der Waals surface area contributed by atoms with E-state index in [-0.39, 0.29) is 16.5 Å². The molecule has 2 aliphatic heterocycles. The summed E-state index contributed by atoms with van der Waals surface area (Å²) in [5.41, 5.74) is 0.838. The SMILES string of the molecule is CC(C)(Oc1ccc(Br)cc1)C(=O)N1CCN(c2ccc([N+](=O)[O-])c(N3CCCCC3)c2)CC1. The molecule has 0 radical (unpaired) electrons. The number of piperazine rings is 1. The van der Waals surface area contributed by atoms with E-state index >= 15 is 0 Å². The quantitative estimate of drug-likeness (QED) is 0.392. The summed E-state index contributed by atoms with van der Waals surface area (Å²) in [7, 11) is 0. The number of ether oxygens (including phenoxy) is 1. The molecule has 0 aliphatic carbocycles. The van der Waals surface area contributed by atoms with E-state index in [1.807, 2.05) is 41.3 Å². The third-order valence-electron chi connectivity index (χ3n) is 6.49. The largest absolute Gasteiger partial charge is 0.478 e. The molecule has 9 heteroatoms. The Balaban J connectivity index is 1.42. The molecule has 2 aromatic rings. The molecular formula is C25H31BrN4O4. The first-order chi connectivity index (χ1) is 16.2. The Labute approximate surface area is 208 Å². The summed E-state index contributed by atoms with van der Waals surface area (Å²) in [5.74, 6) is 0.601. The number of anilines is 2. The number of benzene rings is 2. The van der Waals surface area contributed by atoms with E-state index in [0.717, 1.165) is 36.1 Å². The third kappa shape index (κ3) is 5.46. The fraction of sp³-hybridized carbons (Fsp3) is 0.480. The standard InChI is InChI=1S/C25H31BrN4O4/c1-25(2,34-21-9-6-19(26)7-10-21)24(31)29-16-14-27(15-17-29)20-8-11-22(30(32)33)23(18-20)28-12-4-3-5-13-28/h6-11,18H,3-5,12-17H2,1-2H3. The third-order valence-corrected chi connectivity index (χ3v) is 7.01. The zero-order valence-electron chi connectivity index (χ0n) is 19.7. The van der Waals surface area contributed by atoms with Crippen LogP contribution in [-0.2, 0) is 4.79 Å². The Hall–Kier alpha value is -2.81. The van der Waals surface area contributed by atoms with Crippen LogP contribution in [0.1, 0.15) is 33.1 Å². The monoisotopic (exact) mass is 530 g/mol. The van der Waals surface area contributed by atoms with Crippen molar-refractivity contribution in [1.82, 2.24) is 4.90 Å². The number of hydrogen-bond donors (Lipinski definition) is 0. The number of nitro benzene ring substituents is 1. The summed E-state index contributed by atoms with van der Waals surface area (Å²) in [5, 5.41) is 11.6. The van der Waals surface area contributed by atoms with E-state index in [9.17, 15) is 14.9 Å². The predicted molar refractivity (Wildman–Crippen MR) is 137 cm³/mol. The number of carbonyl (C=O) groups excluding carboxylic acids is 1. The van der Waals surface area contributed by atoms with E-state index in [1.165, 1.54) is 6.42 Å². The predicted octanol–water partition coefficient (Wildman–Crippen LogP) is 4.85. The van der Waals surface area contributed by atoms with Gasteiger partial charge in [-0.15, -0.1) is 0 Å². The molecule has 0 unspecified atom stereocenters. The highest BCUT2D eigenvalue weighted by Gasteiger charge is 2.36. The molecule has 182 valence electrons. The van der Waals surface area contributed by atoms with Gasteiger partial charge in [-0.05, 0) is 69.5 Å². The normalized spacial score (nSPS) is 17.0. The number of hydrogen-bond acceptors (Lipinski definition) is 6. The molecule has 2 aromatic carbocycles. The van der Waals surface area contributed by atoms with Gasteiger partial charge in [-0.1, -0.05) is 15.9 Å². The Morgan fingerprint density at radius 3 is 2.21 bits per heavy atom. The van der Waals surface area contributed by atoms with Crippen LogP contribution < -0.4 is 14.5 Å². The van der Waals surface area contributed by atoms with Gasteiger partial charge in [0.2, 0.25) is 0 Å². The summed E-state index contributed by atoms with van der Waals surface area (Å²) >= 11 is 3.41. The van der Waals surface area contributed by atoms with Crippen molar-refractivity contribution >= 4 is 38.9 Å². The van der Waals surface area contributed by atoms with Crippen molar-refractivity contribution in [2.75, 3.05) is 49.1 Å². The fourth-order valence-electron chi connectivity index (χ4n) is 4.64. The van der Waals surface area contributed by atoms with E-state index in [1.54, 1.807) is 19.9 Å². The molecule has 2 heterocycles. The van der Waals surface area contributed by atoms with Crippen molar-refractivity contribution in [2.24, 2.45) is 0 Å². The fourth-order valence-corrected chi connectivity index (χ4v) is 4.90. The second-order valence-electron chi connectivity index (χ2n) is 9.32. The topological polar surface area (TPSA) is 79.2 Å². The maximum absolute atomic E-state index is 13.2.